The summed E-state index contributed by atoms with van der Waals surface area (Å²) in [5, 5.41) is 0. The minimum absolute atomic E-state index is 0.0325. The van der Waals surface area contributed by atoms with Crippen molar-refractivity contribution in [3.63, 3.8) is 0 Å². The molecule has 0 spiro atoms. The maximum absolute atomic E-state index is 10.9. The second kappa shape index (κ2) is 2.59. The number of carbonyl (C=O) groups excluding carboxylic acids is 1. The van der Waals surface area contributed by atoms with Gasteiger partial charge >= 0.3 is 0 Å². The number of hydrogen-bond acceptors (Lipinski definition) is 2. The van der Waals surface area contributed by atoms with Crippen LogP contribution in [0.25, 0.3) is 0 Å². The number of rotatable bonds is 1. The Bertz CT molecular complexity index is 297. The molecule has 2 N–H and O–H groups in total. The van der Waals surface area contributed by atoms with Crippen molar-refractivity contribution in [2.24, 2.45) is 11.7 Å². The van der Waals surface area contributed by atoms with Gasteiger partial charge in [0.05, 0.1) is 0 Å². The minimum atomic E-state index is -0.215. The van der Waals surface area contributed by atoms with Gasteiger partial charge in [0.15, 0.2) is 0 Å². The Morgan fingerprint density at radius 1 is 1.58 bits per heavy atom. The molecule has 1 aliphatic carbocycles. The fourth-order valence-electron chi connectivity index (χ4n) is 1.61. The molecule has 0 radical (unpaired) electrons. The molecule has 62 valence electrons. The van der Waals surface area contributed by atoms with E-state index in [4.69, 9.17) is 5.73 Å². The quantitative estimate of drug-likeness (QED) is 0.645. The highest BCUT2D eigenvalue weighted by molar-refractivity contribution is 5.78. The zero-order valence-corrected chi connectivity index (χ0v) is 6.66. The lowest BCUT2D eigenvalue weighted by Crippen LogP contribution is -2.23. The number of nitrogens with two attached hydrogens (primary N) is 1. The molecule has 0 aliphatic heterocycles. The maximum Gasteiger partial charge on any atom is 0.221 e. The van der Waals surface area contributed by atoms with E-state index in [9.17, 15) is 4.79 Å². The smallest absolute Gasteiger partial charge is 0.221 e. The third-order valence-electron chi connectivity index (χ3n) is 2.29. The molecule has 0 bridgehead atoms. The number of nitrogens with zero attached hydrogens (tertiary/aromatic N) is 1. The van der Waals surface area contributed by atoms with Crippen LogP contribution in [0.1, 0.15) is 11.3 Å². The van der Waals surface area contributed by atoms with Crippen LogP contribution in [0.15, 0.2) is 18.3 Å². The van der Waals surface area contributed by atoms with E-state index in [0.717, 1.165) is 12.1 Å². The number of amides is 1. The number of hydrogen-bond donors (Lipinski definition) is 1. The van der Waals surface area contributed by atoms with Crippen molar-refractivity contribution in [3.8, 4) is 0 Å². The van der Waals surface area contributed by atoms with Gasteiger partial charge in [0.2, 0.25) is 5.91 Å². The molecule has 2 rings (SSSR count). The lowest BCUT2D eigenvalue weighted by Gasteiger charge is -1.99. The summed E-state index contributed by atoms with van der Waals surface area (Å²) in [7, 11) is 0. The van der Waals surface area contributed by atoms with Crippen LogP contribution in [0.5, 0.6) is 0 Å². The Morgan fingerprint density at radius 2 is 2.42 bits per heavy atom. The predicted octanol–water partition coefficient (Wildman–Crippen LogP) is 0.282. The summed E-state index contributed by atoms with van der Waals surface area (Å²) < 4.78 is 0. The van der Waals surface area contributed by atoms with Crippen molar-refractivity contribution in [2.45, 2.75) is 12.8 Å². The Balaban J connectivity index is 2.27. The molecule has 0 saturated heterocycles. The molecule has 1 aromatic rings. The Morgan fingerprint density at radius 3 is 3.08 bits per heavy atom. The third kappa shape index (κ3) is 1.07. The van der Waals surface area contributed by atoms with Crippen LogP contribution in [0.4, 0.5) is 0 Å². The van der Waals surface area contributed by atoms with E-state index >= 15 is 0 Å². The van der Waals surface area contributed by atoms with Gasteiger partial charge in [-0.2, -0.15) is 0 Å². The second-order valence-corrected chi connectivity index (χ2v) is 3.12. The van der Waals surface area contributed by atoms with Gasteiger partial charge in [-0.3, -0.25) is 9.78 Å². The summed E-state index contributed by atoms with van der Waals surface area (Å²) in [4.78, 5) is 15.0. The molecular formula is C9H10N2O. The molecule has 1 aliphatic rings. The number of aromatic nitrogens is 1. The minimum Gasteiger partial charge on any atom is -0.369 e. The molecule has 0 unspecified atom stereocenters. The monoisotopic (exact) mass is 162 g/mol. The summed E-state index contributed by atoms with van der Waals surface area (Å²) in [5.41, 5.74) is 7.41. The summed E-state index contributed by atoms with van der Waals surface area (Å²) in [6.07, 6.45) is 3.23. The SMILES string of the molecule is NC(=O)[C@@H]1Cc2cccnc2C1. The first-order valence-electron chi connectivity index (χ1n) is 3.99. The van der Waals surface area contributed by atoms with Crippen molar-refractivity contribution >= 4 is 5.91 Å². The Hall–Kier alpha value is -1.38. The van der Waals surface area contributed by atoms with E-state index in [1.54, 1.807) is 6.20 Å². The highest BCUT2D eigenvalue weighted by atomic mass is 16.1. The molecule has 0 saturated carbocycles. The first-order chi connectivity index (χ1) is 5.77. The molecular weight excluding hydrogens is 152 g/mol. The largest absolute Gasteiger partial charge is 0.369 e. The normalized spacial score (nSPS) is 20.5. The highest BCUT2D eigenvalue weighted by Gasteiger charge is 2.25. The number of fused-ring (bicyclic) bond motifs is 1. The van der Waals surface area contributed by atoms with Crippen LogP contribution >= 0.6 is 0 Å². The van der Waals surface area contributed by atoms with Crippen LogP contribution in [0.2, 0.25) is 0 Å². The summed E-state index contributed by atoms with van der Waals surface area (Å²) in [6.45, 7) is 0. The van der Waals surface area contributed by atoms with E-state index in [2.05, 4.69) is 4.98 Å². The summed E-state index contributed by atoms with van der Waals surface area (Å²) in [6, 6.07) is 3.90. The van der Waals surface area contributed by atoms with Gasteiger partial charge in [0, 0.05) is 24.2 Å². The zero-order valence-electron chi connectivity index (χ0n) is 6.66. The van der Waals surface area contributed by atoms with Crippen molar-refractivity contribution in [1.82, 2.24) is 4.98 Å². The van der Waals surface area contributed by atoms with Crippen LogP contribution in [0.3, 0.4) is 0 Å². The maximum atomic E-state index is 10.9. The van der Waals surface area contributed by atoms with E-state index in [0.29, 0.717) is 6.42 Å². The zero-order chi connectivity index (χ0) is 8.55. The predicted molar refractivity (Wildman–Crippen MR) is 44.3 cm³/mol. The fourth-order valence-corrected chi connectivity index (χ4v) is 1.61. The van der Waals surface area contributed by atoms with Crippen molar-refractivity contribution in [3.05, 3.63) is 29.6 Å². The molecule has 0 fully saturated rings. The molecule has 1 amide bonds. The van der Waals surface area contributed by atoms with Crippen molar-refractivity contribution < 1.29 is 4.79 Å². The van der Waals surface area contributed by atoms with Gasteiger partial charge < -0.3 is 5.73 Å². The van der Waals surface area contributed by atoms with Crippen LogP contribution in [0, 0.1) is 5.92 Å². The van der Waals surface area contributed by atoms with E-state index in [-0.39, 0.29) is 11.8 Å². The van der Waals surface area contributed by atoms with Gasteiger partial charge in [-0.15, -0.1) is 0 Å². The van der Waals surface area contributed by atoms with Gasteiger partial charge in [0.1, 0.15) is 0 Å². The van der Waals surface area contributed by atoms with Gasteiger partial charge in [0.25, 0.3) is 0 Å². The third-order valence-corrected chi connectivity index (χ3v) is 2.29. The topological polar surface area (TPSA) is 56.0 Å². The average Bonchev–Trinajstić information content (AvgIpc) is 2.46. The van der Waals surface area contributed by atoms with Crippen LogP contribution in [-0.2, 0) is 17.6 Å². The first kappa shape index (κ1) is 7.28. The molecule has 0 aromatic carbocycles. The Kier molecular flexibility index (Phi) is 1.57. The molecule has 1 heterocycles. The first-order valence-corrected chi connectivity index (χ1v) is 3.99. The molecule has 3 nitrogen and oxygen atoms in total. The van der Waals surface area contributed by atoms with Gasteiger partial charge in [-0.25, -0.2) is 0 Å². The van der Waals surface area contributed by atoms with E-state index in [1.807, 2.05) is 12.1 Å². The van der Waals surface area contributed by atoms with Crippen LogP contribution in [-0.4, -0.2) is 10.9 Å². The lowest BCUT2D eigenvalue weighted by molar-refractivity contribution is -0.121. The molecule has 1 atom stereocenters. The number of primary amides is 1. The highest BCUT2D eigenvalue weighted by Crippen LogP contribution is 2.23. The van der Waals surface area contributed by atoms with E-state index < -0.39 is 0 Å². The lowest BCUT2D eigenvalue weighted by atomic mass is 10.1. The van der Waals surface area contributed by atoms with Gasteiger partial charge in [-0.05, 0) is 18.1 Å². The van der Waals surface area contributed by atoms with Crippen molar-refractivity contribution in [1.29, 1.82) is 0 Å². The standard InChI is InChI=1S/C9H10N2O/c10-9(12)7-4-6-2-1-3-11-8(6)5-7/h1-3,7H,4-5H2,(H2,10,12)/t7-/m1/s1. The molecule has 3 heteroatoms. The molecule has 12 heavy (non-hydrogen) atoms. The van der Waals surface area contributed by atoms with E-state index in [1.165, 1.54) is 5.56 Å². The van der Waals surface area contributed by atoms with Gasteiger partial charge in [-0.1, -0.05) is 6.07 Å². The average molecular weight is 162 g/mol. The number of carbonyl (C=O) groups is 1. The number of pyridine rings is 1. The van der Waals surface area contributed by atoms with Crippen LogP contribution < -0.4 is 5.73 Å². The second-order valence-electron chi connectivity index (χ2n) is 3.12. The van der Waals surface area contributed by atoms with Crippen molar-refractivity contribution in [2.75, 3.05) is 0 Å². The molecule has 1 aromatic heterocycles. The Labute approximate surface area is 70.6 Å². The summed E-state index contributed by atoms with van der Waals surface area (Å²) >= 11 is 0. The fraction of sp³-hybridized carbons (Fsp3) is 0.333. The summed E-state index contributed by atoms with van der Waals surface area (Å²) in [5.74, 6) is -0.247.